The van der Waals surface area contributed by atoms with Crippen LogP contribution in [0.15, 0.2) is 6.07 Å². The lowest BCUT2D eigenvalue weighted by atomic mass is 9.98. The second-order valence-electron chi connectivity index (χ2n) is 3.42. The van der Waals surface area contributed by atoms with Crippen molar-refractivity contribution >= 4 is 23.3 Å². The van der Waals surface area contributed by atoms with Gasteiger partial charge in [0.05, 0.1) is 12.3 Å². The Kier molecular flexibility index (Phi) is 2.15. The number of hydrogen-bond acceptors (Lipinski definition) is 4. The van der Waals surface area contributed by atoms with Gasteiger partial charge in [0.25, 0.3) is 0 Å². The van der Waals surface area contributed by atoms with Crippen LogP contribution in [-0.2, 0) is 14.3 Å². The lowest BCUT2D eigenvalue weighted by Crippen LogP contribution is -2.05. The zero-order valence-corrected chi connectivity index (χ0v) is 8.81. The number of aryl methyl sites for hydroxylation is 2. The molecule has 1 fully saturated rings. The molecule has 0 N–H and O–H groups in total. The number of rotatable bonds is 1. The fourth-order valence-electron chi connectivity index (χ4n) is 1.71. The first kappa shape index (κ1) is 9.40. The van der Waals surface area contributed by atoms with Crippen molar-refractivity contribution in [1.29, 1.82) is 0 Å². The molecule has 4 heteroatoms. The van der Waals surface area contributed by atoms with Crippen molar-refractivity contribution in [3.8, 4) is 0 Å². The molecule has 0 saturated carbocycles. The molecule has 0 bridgehead atoms. The van der Waals surface area contributed by atoms with E-state index in [9.17, 15) is 9.59 Å². The molecule has 74 valence electrons. The van der Waals surface area contributed by atoms with E-state index < -0.39 is 11.9 Å². The molecule has 1 saturated heterocycles. The van der Waals surface area contributed by atoms with Crippen molar-refractivity contribution in [3.63, 3.8) is 0 Å². The molecule has 0 amide bonds. The summed E-state index contributed by atoms with van der Waals surface area (Å²) < 4.78 is 4.52. The Morgan fingerprint density at radius 3 is 2.57 bits per heavy atom. The predicted octanol–water partition coefficient (Wildman–Crippen LogP) is 1.92. The highest BCUT2D eigenvalue weighted by molar-refractivity contribution is 7.12. The second-order valence-corrected chi connectivity index (χ2v) is 4.88. The van der Waals surface area contributed by atoms with Crippen LogP contribution in [0.25, 0.3) is 0 Å². The highest BCUT2D eigenvalue weighted by Gasteiger charge is 2.35. The minimum atomic E-state index is -0.414. The van der Waals surface area contributed by atoms with E-state index in [0.29, 0.717) is 0 Å². The van der Waals surface area contributed by atoms with Crippen LogP contribution < -0.4 is 0 Å². The molecule has 2 heterocycles. The summed E-state index contributed by atoms with van der Waals surface area (Å²) in [6.07, 6.45) is 0.190. The average Bonchev–Trinajstić information content (AvgIpc) is 2.55. The standard InChI is InChI=1S/C10H10O3S/c1-5-3-7(6(2)14-5)8-4-9(11)13-10(8)12/h3,8H,4H2,1-2H3. The Bertz CT molecular complexity index is 405. The maximum atomic E-state index is 11.3. The predicted molar refractivity (Wildman–Crippen MR) is 52.3 cm³/mol. The van der Waals surface area contributed by atoms with Crippen molar-refractivity contribution in [2.24, 2.45) is 0 Å². The molecule has 0 aromatic carbocycles. The second kappa shape index (κ2) is 3.20. The Balaban J connectivity index is 2.36. The minimum absolute atomic E-state index is 0.190. The Hall–Kier alpha value is -1.16. The van der Waals surface area contributed by atoms with Crippen LogP contribution in [0.1, 0.15) is 27.7 Å². The number of cyclic esters (lactones) is 2. The van der Waals surface area contributed by atoms with Crippen LogP contribution in [0, 0.1) is 13.8 Å². The molecule has 0 radical (unpaired) electrons. The number of thiophene rings is 1. The molecule has 1 aromatic heterocycles. The summed E-state index contributed by atoms with van der Waals surface area (Å²) in [4.78, 5) is 24.5. The van der Waals surface area contributed by atoms with Crippen LogP contribution in [-0.4, -0.2) is 11.9 Å². The highest BCUT2D eigenvalue weighted by Crippen LogP contribution is 2.33. The third kappa shape index (κ3) is 1.46. The van der Waals surface area contributed by atoms with Gasteiger partial charge in [-0.3, -0.25) is 9.59 Å². The average molecular weight is 210 g/mol. The molecule has 1 unspecified atom stereocenters. The smallest absolute Gasteiger partial charge is 0.321 e. The lowest BCUT2D eigenvalue weighted by molar-refractivity contribution is -0.152. The fraction of sp³-hybridized carbons (Fsp3) is 0.400. The molecule has 1 aliphatic heterocycles. The van der Waals surface area contributed by atoms with E-state index in [2.05, 4.69) is 4.74 Å². The SMILES string of the molecule is Cc1cc(C2CC(=O)OC2=O)c(C)s1. The Labute approximate surface area is 85.7 Å². The van der Waals surface area contributed by atoms with E-state index in [0.717, 1.165) is 15.3 Å². The van der Waals surface area contributed by atoms with Gasteiger partial charge < -0.3 is 4.74 Å². The van der Waals surface area contributed by atoms with Crippen LogP contribution >= 0.6 is 11.3 Å². The maximum Gasteiger partial charge on any atom is 0.321 e. The molecule has 14 heavy (non-hydrogen) atoms. The van der Waals surface area contributed by atoms with Crippen molar-refractivity contribution in [1.82, 2.24) is 0 Å². The molecule has 1 aliphatic rings. The normalized spacial score (nSPS) is 21.4. The molecular weight excluding hydrogens is 200 g/mol. The van der Waals surface area contributed by atoms with Gasteiger partial charge in [0.2, 0.25) is 0 Å². The van der Waals surface area contributed by atoms with Crippen LogP contribution in [0.5, 0.6) is 0 Å². The summed E-state index contributed by atoms with van der Waals surface area (Å²) in [5.74, 6) is -1.19. The lowest BCUT2D eigenvalue weighted by Gasteiger charge is -2.02. The van der Waals surface area contributed by atoms with E-state index in [4.69, 9.17) is 0 Å². The quantitative estimate of drug-likeness (QED) is 0.525. The first-order valence-electron chi connectivity index (χ1n) is 4.39. The monoisotopic (exact) mass is 210 g/mol. The van der Waals surface area contributed by atoms with E-state index in [1.807, 2.05) is 19.9 Å². The van der Waals surface area contributed by atoms with E-state index in [-0.39, 0.29) is 12.3 Å². The van der Waals surface area contributed by atoms with Gasteiger partial charge in [0.15, 0.2) is 0 Å². The molecule has 1 aromatic rings. The highest BCUT2D eigenvalue weighted by atomic mass is 32.1. The van der Waals surface area contributed by atoms with Gasteiger partial charge in [-0.2, -0.15) is 0 Å². The van der Waals surface area contributed by atoms with Gasteiger partial charge in [0.1, 0.15) is 0 Å². The number of esters is 2. The Morgan fingerprint density at radius 2 is 2.14 bits per heavy atom. The topological polar surface area (TPSA) is 43.4 Å². The summed E-state index contributed by atoms with van der Waals surface area (Å²) in [5.41, 5.74) is 0.948. The summed E-state index contributed by atoms with van der Waals surface area (Å²) in [6, 6.07) is 1.96. The van der Waals surface area contributed by atoms with Gasteiger partial charge in [-0.1, -0.05) is 0 Å². The fourth-order valence-corrected chi connectivity index (χ4v) is 2.70. The zero-order chi connectivity index (χ0) is 10.3. The van der Waals surface area contributed by atoms with Crippen LogP contribution in [0.3, 0.4) is 0 Å². The molecule has 3 nitrogen and oxygen atoms in total. The van der Waals surface area contributed by atoms with Gasteiger partial charge in [-0.25, -0.2) is 0 Å². The van der Waals surface area contributed by atoms with Gasteiger partial charge in [-0.15, -0.1) is 11.3 Å². The van der Waals surface area contributed by atoms with Crippen molar-refractivity contribution in [3.05, 3.63) is 21.4 Å². The number of ether oxygens (including phenoxy) is 1. The van der Waals surface area contributed by atoms with E-state index in [1.54, 1.807) is 11.3 Å². The molecule has 0 aliphatic carbocycles. The largest absolute Gasteiger partial charge is 0.393 e. The minimum Gasteiger partial charge on any atom is -0.393 e. The van der Waals surface area contributed by atoms with E-state index in [1.165, 1.54) is 0 Å². The summed E-state index contributed by atoms with van der Waals surface area (Å²) in [5, 5.41) is 0. The van der Waals surface area contributed by atoms with Crippen LogP contribution in [0.2, 0.25) is 0 Å². The number of carbonyl (C=O) groups is 2. The molecule has 2 rings (SSSR count). The number of hydrogen-bond donors (Lipinski definition) is 0. The first-order chi connectivity index (χ1) is 6.58. The molecule has 0 spiro atoms. The molecular formula is C10H10O3S. The first-order valence-corrected chi connectivity index (χ1v) is 5.21. The van der Waals surface area contributed by atoms with Crippen molar-refractivity contribution in [2.75, 3.05) is 0 Å². The van der Waals surface area contributed by atoms with Crippen molar-refractivity contribution < 1.29 is 14.3 Å². The van der Waals surface area contributed by atoms with Gasteiger partial charge in [0, 0.05) is 9.75 Å². The Morgan fingerprint density at radius 1 is 1.43 bits per heavy atom. The molecule has 1 atom stereocenters. The van der Waals surface area contributed by atoms with E-state index >= 15 is 0 Å². The number of carbonyl (C=O) groups excluding carboxylic acids is 2. The third-order valence-electron chi connectivity index (χ3n) is 2.32. The van der Waals surface area contributed by atoms with Crippen LogP contribution in [0.4, 0.5) is 0 Å². The summed E-state index contributed by atoms with van der Waals surface area (Å²) in [7, 11) is 0. The zero-order valence-electron chi connectivity index (χ0n) is 7.99. The van der Waals surface area contributed by atoms with Gasteiger partial charge >= 0.3 is 11.9 Å². The third-order valence-corrected chi connectivity index (χ3v) is 3.31. The summed E-state index contributed by atoms with van der Waals surface area (Å²) in [6.45, 7) is 3.95. The maximum absolute atomic E-state index is 11.3. The van der Waals surface area contributed by atoms with Gasteiger partial charge in [-0.05, 0) is 25.5 Å². The summed E-state index contributed by atoms with van der Waals surface area (Å²) >= 11 is 1.64. The van der Waals surface area contributed by atoms with Crippen molar-refractivity contribution in [2.45, 2.75) is 26.2 Å².